The molecular formula is C14H22N2OS. The van der Waals surface area contributed by atoms with E-state index in [-0.39, 0.29) is 11.1 Å². The van der Waals surface area contributed by atoms with Crippen molar-refractivity contribution in [2.45, 2.75) is 52.0 Å². The molecule has 1 fully saturated rings. The van der Waals surface area contributed by atoms with Crippen LogP contribution in [0.15, 0.2) is 17.2 Å². The van der Waals surface area contributed by atoms with E-state index in [0.717, 1.165) is 17.9 Å². The third kappa shape index (κ3) is 3.16. The van der Waals surface area contributed by atoms with Gasteiger partial charge in [0.15, 0.2) is 0 Å². The summed E-state index contributed by atoms with van der Waals surface area (Å²) in [5.74, 6) is 0.855. The van der Waals surface area contributed by atoms with E-state index in [1.54, 1.807) is 10.8 Å². The average Bonchev–Trinajstić information content (AvgIpc) is 2.60. The molecule has 0 atom stereocenters. The zero-order valence-corrected chi connectivity index (χ0v) is 12.0. The molecule has 3 nitrogen and oxygen atoms in total. The number of nitrogens with zero attached hydrogens (tertiary/aromatic N) is 2. The highest BCUT2D eigenvalue weighted by atomic mass is 32.1. The van der Waals surface area contributed by atoms with Gasteiger partial charge in [0, 0.05) is 18.9 Å². The normalized spacial score (nSPS) is 19.4. The Bertz CT molecular complexity index is 447. The lowest BCUT2D eigenvalue weighted by Crippen LogP contribution is -2.34. The van der Waals surface area contributed by atoms with Gasteiger partial charge in [0.2, 0.25) is 0 Å². The van der Waals surface area contributed by atoms with Crippen molar-refractivity contribution in [3.05, 3.63) is 28.4 Å². The van der Waals surface area contributed by atoms with Gasteiger partial charge in [0.05, 0.1) is 0 Å². The smallest absolute Gasteiger partial charge is 0.298 e. The van der Waals surface area contributed by atoms with Crippen molar-refractivity contribution in [2.75, 3.05) is 5.75 Å². The molecular weight excluding hydrogens is 244 g/mol. The maximum atomic E-state index is 11.8. The van der Waals surface area contributed by atoms with Crippen LogP contribution in [0.25, 0.3) is 0 Å². The average molecular weight is 266 g/mol. The predicted molar refractivity (Wildman–Crippen MR) is 77.2 cm³/mol. The van der Waals surface area contributed by atoms with Crippen LogP contribution < -0.4 is 5.69 Å². The Balaban J connectivity index is 2.23. The fourth-order valence-corrected chi connectivity index (χ4v) is 3.30. The van der Waals surface area contributed by atoms with Crippen LogP contribution >= 0.6 is 12.6 Å². The summed E-state index contributed by atoms with van der Waals surface area (Å²) in [6.07, 6.45) is 11.1. The molecule has 1 heterocycles. The zero-order valence-electron chi connectivity index (χ0n) is 11.1. The highest BCUT2D eigenvalue weighted by Gasteiger charge is 2.30. The monoisotopic (exact) mass is 266 g/mol. The Labute approximate surface area is 114 Å². The predicted octanol–water partition coefficient (Wildman–Crippen LogP) is 2.82. The molecule has 1 saturated carbocycles. The van der Waals surface area contributed by atoms with Crippen LogP contribution in [0.3, 0.4) is 0 Å². The Kier molecular flexibility index (Phi) is 4.49. The summed E-state index contributed by atoms with van der Waals surface area (Å²) >= 11 is 4.55. The van der Waals surface area contributed by atoms with Gasteiger partial charge in [-0.25, -0.2) is 9.78 Å². The van der Waals surface area contributed by atoms with Gasteiger partial charge in [-0.3, -0.25) is 4.57 Å². The van der Waals surface area contributed by atoms with Crippen molar-refractivity contribution >= 4 is 12.6 Å². The summed E-state index contributed by atoms with van der Waals surface area (Å²) in [6.45, 7) is 2.74. The van der Waals surface area contributed by atoms with Crippen LogP contribution in [0.2, 0.25) is 0 Å². The second-order valence-corrected chi connectivity index (χ2v) is 5.93. The molecule has 1 aromatic rings. The molecule has 4 heteroatoms. The molecule has 2 rings (SSSR count). The highest BCUT2D eigenvalue weighted by Crippen LogP contribution is 2.37. The highest BCUT2D eigenvalue weighted by molar-refractivity contribution is 7.80. The Morgan fingerprint density at radius 2 is 2.00 bits per heavy atom. The first-order valence-electron chi connectivity index (χ1n) is 6.79. The molecule has 0 aromatic carbocycles. The zero-order chi connectivity index (χ0) is 13.0. The second-order valence-electron chi connectivity index (χ2n) is 5.61. The molecule has 100 valence electrons. The van der Waals surface area contributed by atoms with Crippen molar-refractivity contribution in [3.8, 4) is 0 Å². The summed E-state index contributed by atoms with van der Waals surface area (Å²) in [5.41, 5.74) is 1.09. The van der Waals surface area contributed by atoms with E-state index in [2.05, 4.69) is 17.6 Å². The lowest BCUT2D eigenvalue weighted by molar-refractivity contribution is 0.236. The molecule has 0 bridgehead atoms. The fraction of sp³-hybridized carbons (Fsp3) is 0.714. The number of aromatic nitrogens is 2. The van der Waals surface area contributed by atoms with Gasteiger partial charge in [0.25, 0.3) is 0 Å². The van der Waals surface area contributed by atoms with Crippen LogP contribution in [0.5, 0.6) is 0 Å². The van der Waals surface area contributed by atoms with Gasteiger partial charge in [-0.2, -0.15) is 12.6 Å². The van der Waals surface area contributed by atoms with Crippen LogP contribution in [-0.4, -0.2) is 15.3 Å². The van der Waals surface area contributed by atoms with Crippen molar-refractivity contribution in [1.29, 1.82) is 0 Å². The lowest BCUT2D eigenvalue weighted by Gasteiger charge is -2.31. The molecule has 0 saturated heterocycles. The third-order valence-electron chi connectivity index (χ3n) is 3.99. The summed E-state index contributed by atoms with van der Waals surface area (Å²) in [5, 5.41) is 0. The SMILES string of the molecule is Cc1cnc(=O)n(CC2(CS)CCCCCC2)c1. The summed E-state index contributed by atoms with van der Waals surface area (Å²) in [4.78, 5) is 15.7. The van der Waals surface area contributed by atoms with Gasteiger partial charge in [-0.1, -0.05) is 25.7 Å². The minimum absolute atomic E-state index is 0.133. The van der Waals surface area contributed by atoms with Crippen molar-refractivity contribution in [2.24, 2.45) is 5.41 Å². The second kappa shape index (κ2) is 5.91. The van der Waals surface area contributed by atoms with Crippen LogP contribution in [-0.2, 0) is 6.54 Å². The first kappa shape index (κ1) is 13.7. The fourth-order valence-electron chi connectivity index (χ4n) is 2.88. The molecule has 0 aliphatic heterocycles. The maximum Gasteiger partial charge on any atom is 0.347 e. The number of aryl methyl sites for hydroxylation is 1. The number of rotatable bonds is 3. The standard InChI is InChI=1S/C14H22N2OS/c1-12-8-15-13(17)16(9-12)10-14(11-18)6-4-2-3-5-7-14/h8-9,18H,2-7,10-11H2,1H3. The van der Waals surface area contributed by atoms with Crippen molar-refractivity contribution < 1.29 is 0 Å². The van der Waals surface area contributed by atoms with Crippen molar-refractivity contribution in [3.63, 3.8) is 0 Å². The van der Waals surface area contributed by atoms with E-state index in [1.165, 1.54) is 38.5 Å². The van der Waals surface area contributed by atoms with Crippen LogP contribution in [0.1, 0.15) is 44.1 Å². The summed E-state index contributed by atoms with van der Waals surface area (Å²) in [7, 11) is 0. The lowest BCUT2D eigenvalue weighted by atomic mass is 9.82. The number of hydrogen-bond donors (Lipinski definition) is 1. The third-order valence-corrected chi connectivity index (χ3v) is 4.66. The van der Waals surface area contributed by atoms with Gasteiger partial charge in [-0.15, -0.1) is 0 Å². The Morgan fingerprint density at radius 1 is 1.33 bits per heavy atom. The quantitative estimate of drug-likeness (QED) is 0.674. The van der Waals surface area contributed by atoms with E-state index < -0.39 is 0 Å². The molecule has 0 amide bonds. The molecule has 0 N–H and O–H groups in total. The minimum Gasteiger partial charge on any atom is -0.298 e. The summed E-state index contributed by atoms with van der Waals surface area (Å²) < 4.78 is 1.77. The number of hydrogen-bond acceptors (Lipinski definition) is 3. The number of thiol groups is 1. The molecule has 0 radical (unpaired) electrons. The molecule has 1 aliphatic rings. The van der Waals surface area contributed by atoms with Gasteiger partial charge in [-0.05, 0) is 36.5 Å². The van der Waals surface area contributed by atoms with E-state index in [9.17, 15) is 4.79 Å². The molecule has 0 unspecified atom stereocenters. The molecule has 1 aromatic heterocycles. The maximum absolute atomic E-state index is 11.8. The molecule has 0 spiro atoms. The van der Waals surface area contributed by atoms with E-state index in [4.69, 9.17) is 0 Å². The Hall–Kier alpha value is -0.770. The van der Waals surface area contributed by atoms with E-state index in [0.29, 0.717) is 0 Å². The van der Waals surface area contributed by atoms with Gasteiger partial charge < -0.3 is 0 Å². The first-order chi connectivity index (χ1) is 8.65. The summed E-state index contributed by atoms with van der Waals surface area (Å²) in [6, 6.07) is 0. The largest absolute Gasteiger partial charge is 0.347 e. The molecule has 1 aliphatic carbocycles. The molecule has 18 heavy (non-hydrogen) atoms. The van der Waals surface area contributed by atoms with E-state index in [1.807, 2.05) is 13.1 Å². The van der Waals surface area contributed by atoms with Crippen LogP contribution in [0.4, 0.5) is 0 Å². The Morgan fingerprint density at radius 3 is 2.61 bits per heavy atom. The van der Waals surface area contributed by atoms with Gasteiger partial charge >= 0.3 is 5.69 Å². The minimum atomic E-state index is -0.133. The van der Waals surface area contributed by atoms with E-state index >= 15 is 0 Å². The van der Waals surface area contributed by atoms with Crippen molar-refractivity contribution in [1.82, 2.24) is 9.55 Å². The van der Waals surface area contributed by atoms with Gasteiger partial charge in [0.1, 0.15) is 0 Å². The first-order valence-corrected chi connectivity index (χ1v) is 7.42. The topological polar surface area (TPSA) is 34.9 Å². The van der Waals surface area contributed by atoms with Crippen LogP contribution in [0, 0.1) is 12.3 Å².